The summed E-state index contributed by atoms with van der Waals surface area (Å²) in [6.45, 7) is 5.25. The molecule has 2 fully saturated rings. The quantitative estimate of drug-likeness (QED) is 0.885. The fraction of sp³-hybridized carbons (Fsp3) is 0.588. The molecular formula is C17H25N3O2. The molecule has 1 amide bonds. The number of carbonyl (C=O) groups is 1. The second kappa shape index (κ2) is 7.11. The maximum absolute atomic E-state index is 13.1. The van der Waals surface area contributed by atoms with Gasteiger partial charge in [-0.25, -0.2) is 0 Å². The highest BCUT2D eigenvalue weighted by Crippen LogP contribution is 2.28. The fourth-order valence-electron chi connectivity index (χ4n) is 3.40. The zero-order chi connectivity index (χ0) is 15.4. The minimum absolute atomic E-state index is 0.203. The normalized spacial score (nSPS) is 21.5. The molecule has 0 saturated carbocycles. The van der Waals surface area contributed by atoms with Gasteiger partial charge in [-0.3, -0.25) is 9.69 Å². The molecule has 1 aromatic carbocycles. The lowest BCUT2D eigenvalue weighted by Gasteiger charge is -2.38. The highest BCUT2D eigenvalue weighted by atomic mass is 16.3. The average Bonchev–Trinajstić information content (AvgIpc) is 2.58. The first-order chi connectivity index (χ1) is 10.8. The van der Waals surface area contributed by atoms with Gasteiger partial charge in [-0.1, -0.05) is 18.6 Å². The number of nitrogens with zero attached hydrogens (tertiary/aromatic N) is 2. The second-order valence-electron chi connectivity index (χ2n) is 6.17. The Morgan fingerprint density at radius 3 is 2.27 bits per heavy atom. The number of nitrogens with one attached hydrogen (secondary N) is 1. The lowest BCUT2D eigenvalue weighted by molar-refractivity contribution is -0.138. The van der Waals surface area contributed by atoms with Crippen LogP contribution in [-0.4, -0.2) is 60.1 Å². The first-order valence-corrected chi connectivity index (χ1v) is 8.28. The smallest absolute Gasteiger partial charge is 0.244 e. The van der Waals surface area contributed by atoms with Gasteiger partial charge in [0.2, 0.25) is 5.91 Å². The summed E-state index contributed by atoms with van der Waals surface area (Å²) in [6.07, 6.45) is 3.56. The van der Waals surface area contributed by atoms with Crippen molar-refractivity contribution in [1.82, 2.24) is 15.1 Å². The van der Waals surface area contributed by atoms with Crippen LogP contribution in [-0.2, 0) is 4.79 Å². The van der Waals surface area contributed by atoms with Crippen LogP contribution in [0.2, 0.25) is 0 Å². The molecule has 5 heteroatoms. The number of piperazine rings is 1. The number of hydrogen-bond acceptors (Lipinski definition) is 4. The Balaban J connectivity index is 1.84. The molecule has 0 aromatic heterocycles. The molecule has 2 aliphatic rings. The van der Waals surface area contributed by atoms with Gasteiger partial charge < -0.3 is 15.3 Å². The van der Waals surface area contributed by atoms with Gasteiger partial charge in [-0.15, -0.1) is 0 Å². The summed E-state index contributed by atoms with van der Waals surface area (Å²) < 4.78 is 0. The van der Waals surface area contributed by atoms with Crippen LogP contribution in [0.4, 0.5) is 0 Å². The van der Waals surface area contributed by atoms with Crippen molar-refractivity contribution in [2.75, 3.05) is 39.3 Å². The van der Waals surface area contributed by atoms with E-state index in [0.29, 0.717) is 0 Å². The highest BCUT2D eigenvalue weighted by molar-refractivity contribution is 5.83. The number of phenolic OH excluding ortho intramolecular Hbond substituents is 1. The highest BCUT2D eigenvalue weighted by Gasteiger charge is 2.32. The number of phenols is 1. The molecular weight excluding hydrogens is 278 g/mol. The number of aromatic hydroxyl groups is 1. The Bertz CT molecular complexity index is 491. The standard InChI is InChI=1S/C17H25N3O2/c21-15-6-4-14(5-7-15)16(19-10-2-1-3-11-19)17(22)20-12-8-18-9-13-20/h4-7,16,18,21H,1-3,8-13H2. The molecule has 2 aliphatic heterocycles. The van der Waals surface area contributed by atoms with E-state index in [1.54, 1.807) is 12.1 Å². The van der Waals surface area contributed by atoms with Crippen molar-refractivity contribution in [2.45, 2.75) is 25.3 Å². The van der Waals surface area contributed by atoms with Gasteiger partial charge >= 0.3 is 0 Å². The Morgan fingerprint density at radius 2 is 1.64 bits per heavy atom. The number of benzene rings is 1. The van der Waals surface area contributed by atoms with Crippen molar-refractivity contribution in [3.8, 4) is 5.75 Å². The topological polar surface area (TPSA) is 55.8 Å². The maximum atomic E-state index is 13.1. The molecule has 0 aliphatic carbocycles. The van der Waals surface area contributed by atoms with Gasteiger partial charge in [0.25, 0.3) is 0 Å². The SMILES string of the molecule is O=C(C(c1ccc(O)cc1)N1CCCCC1)N1CCNCC1. The summed E-state index contributed by atoms with van der Waals surface area (Å²) in [7, 11) is 0. The van der Waals surface area contributed by atoms with E-state index >= 15 is 0 Å². The molecule has 2 heterocycles. The molecule has 5 nitrogen and oxygen atoms in total. The number of carbonyl (C=O) groups excluding carboxylic acids is 1. The summed E-state index contributed by atoms with van der Waals surface area (Å²) in [5.74, 6) is 0.449. The second-order valence-corrected chi connectivity index (χ2v) is 6.17. The van der Waals surface area contributed by atoms with Gasteiger partial charge in [0.05, 0.1) is 0 Å². The monoisotopic (exact) mass is 303 g/mol. The van der Waals surface area contributed by atoms with E-state index in [-0.39, 0.29) is 17.7 Å². The molecule has 2 saturated heterocycles. The summed E-state index contributed by atoms with van der Waals surface area (Å²) >= 11 is 0. The summed E-state index contributed by atoms with van der Waals surface area (Å²) in [4.78, 5) is 17.4. The van der Waals surface area contributed by atoms with Gasteiger partial charge in [0.15, 0.2) is 0 Å². The number of hydrogen-bond donors (Lipinski definition) is 2. The molecule has 1 aromatic rings. The average molecular weight is 303 g/mol. The lowest BCUT2D eigenvalue weighted by atomic mass is 10.00. The van der Waals surface area contributed by atoms with Crippen molar-refractivity contribution < 1.29 is 9.90 Å². The summed E-state index contributed by atoms with van der Waals surface area (Å²) in [6, 6.07) is 6.91. The molecule has 120 valence electrons. The number of piperidine rings is 1. The number of likely N-dealkylation sites (tertiary alicyclic amines) is 1. The fourth-order valence-corrected chi connectivity index (χ4v) is 3.40. The number of amides is 1. The molecule has 2 N–H and O–H groups in total. The lowest BCUT2D eigenvalue weighted by Crippen LogP contribution is -2.51. The van der Waals surface area contributed by atoms with E-state index in [1.165, 1.54) is 6.42 Å². The van der Waals surface area contributed by atoms with E-state index in [4.69, 9.17) is 0 Å². The van der Waals surface area contributed by atoms with Crippen molar-refractivity contribution in [3.05, 3.63) is 29.8 Å². The predicted molar refractivity (Wildman–Crippen MR) is 85.7 cm³/mol. The van der Waals surface area contributed by atoms with Crippen molar-refractivity contribution in [2.24, 2.45) is 0 Å². The Labute approximate surface area is 131 Å². The molecule has 1 atom stereocenters. The third kappa shape index (κ3) is 3.42. The molecule has 0 radical (unpaired) electrons. The van der Waals surface area contributed by atoms with Crippen LogP contribution < -0.4 is 5.32 Å². The Kier molecular flexibility index (Phi) is 4.95. The van der Waals surface area contributed by atoms with E-state index in [9.17, 15) is 9.90 Å². The van der Waals surface area contributed by atoms with Gasteiger partial charge in [-0.05, 0) is 43.6 Å². The van der Waals surface area contributed by atoms with Crippen LogP contribution in [0, 0.1) is 0 Å². The first kappa shape index (κ1) is 15.3. The zero-order valence-electron chi connectivity index (χ0n) is 13.0. The van der Waals surface area contributed by atoms with Crippen molar-refractivity contribution in [3.63, 3.8) is 0 Å². The van der Waals surface area contributed by atoms with Crippen LogP contribution in [0.5, 0.6) is 5.75 Å². The van der Waals surface area contributed by atoms with Gasteiger partial charge in [-0.2, -0.15) is 0 Å². The van der Waals surface area contributed by atoms with Gasteiger partial charge in [0.1, 0.15) is 11.8 Å². The van der Waals surface area contributed by atoms with Crippen LogP contribution in [0.15, 0.2) is 24.3 Å². The van der Waals surface area contributed by atoms with Crippen molar-refractivity contribution >= 4 is 5.91 Å². The van der Waals surface area contributed by atoms with Crippen LogP contribution in [0.3, 0.4) is 0 Å². The Hall–Kier alpha value is -1.59. The summed E-state index contributed by atoms with van der Waals surface area (Å²) in [5.41, 5.74) is 0.989. The first-order valence-electron chi connectivity index (χ1n) is 8.28. The van der Waals surface area contributed by atoms with Crippen molar-refractivity contribution in [1.29, 1.82) is 0 Å². The van der Waals surface area contributed by atoms with E-state index in [1.807, 2.05) is 17.0 Å². The van der Waals surface area contributed by atoms with Crippen LogP contribution in [0.25, 0.3) is 0 Å². The minimum Gasteiger partial charge on any atom is -0.508 e. The third-order valence-corrected chi connectivity index (χ3v) is 4.63. The zero-order valence-corrected chi connectivity index (χ0v) is 13.0. The van der Waals surface area contributed by atoms with E-state index in [0.717, 1.165) is 57.7 Å². The van der Waals surface area contributed by atoms with E-state index < -0.39 is 0 Å². The minimum atomic E-state index is -0.209. The predicted octanol–water partition coefficient (Wildman–Crippen LogP) is 1.35. The Morgan fingerprint density at radius 1 is 1.00 bits per heavy atom. The third-order valence-electron chi connectivity index (χ3n) is 4.63. The van der Waals surface area contributed by atoms with Crippen LogP contribution >= 0.6 is 0 Å². The largest absolute Gasteiger partial charge is 0.508 e. The summed E-state index contributed by atoms with van der Waals surface area (Å²) in [5, 5.41) is 12.8. The number of rotatable bonds is 3. The molecule has 3 rings (SSSR count). The van der Waals surface area contributed by atoms with E-state index in [2.05, 4.69) is 10.2 Å². The van der Waals surface area contributed by atoms with Crippen LogP contribution in [0.1, 0.15) is 30.9 Å². The molecule has 0 bridgehead atoms. The molecule has 22 heavy (non-hydrogen) atoms. The molecule has 1 unspecified atom stereocenters. The maximum Gasteiger partial charge on any atom is 0.244 e. The molecule has 0 spiro atoms. The van der Waals surface area contributed by atoms with Gasteiger partial charge in [0, 0.05) is 26.2 Å².